The van der Waals surface area contributed by atoms with E-state index in [-0.39, 0.29) is 25.7 Å². The van der Waals surface area contributed by atoms with Gasteiger partial charge in [0, 0.05) is 13.0 Å². The molecule has 0 fully saturated rings. The monoisotopic (exact) mass is 787 g/mol. The molecule has 8 nitrogen and oxygen atoms in total. The summed E-state index contributed by atoms with van der Waals surface area (Å²) in [6.45, 7) is 4.17. The fourth-order valence-corrected chi connectivity index (χ4v) is 7.83. The van der Waals surface area contributed by atoms with Crippen LogP contribution in [0.5, 0.6) is 0 Å². The van der Waals surface area contributed by atoms with Crippen molar-refractivity contribution in [2.45, 2.75) is 251 Å². The van der Waals surface area contributed by atoms with Crippen molar-refractivity contribution >= 4 is 13.7 Å². The van der Waals surface area contributed by atoms with Gasteiger partial charge < -0.3 is 21.1 Å². The molecule has 0 aliphatic heterocycles. The molecule has 0 aromatic heterocycles. The van der Waals surface area contributed by atoms with Gasteiger partial charge in [0.1, 0.15) is 0 Å². The fraction of sp³-hybridized carbons (Fsp3) is 0.933. The van der Waals surface area contributed by atoms with E-state index in [4.69, 9.17) is 14.8 Å². The van der Waals surface area contributed by atoms with E-state index in [1.54, 1.807) is 6.08 Å². The number of nitrogens with two attached hydrogens (primary N) is 1. The number of hydrogen-bond acceptors (Lipinski definition) is 6. The van der Waals surface area contributed by atoms with Crippen LogP contribution in [0.3, 0.4) is 0 Å². The summed E-state index contributed by atoms with van der Waals surface area (Å²) < 4.78 is 22.2. The number of nitrogens with one attached hydrogen (secondary N) is 1. The zero-order valence-electron chi connectivity index (χ0n) is 35.7. The van der Waals surface area contributed by atoms with Crippen molar-refractivity contribution < 1.29 is 28.4 Å². The molecule has 0 spiro atoms. The first-order chi connectivity index (χ1) is 26.4. The summed E-state index contributed by atoms with van der Waals surface area (Å²) in [5.74, 6) is -0.189. The third-order valence-corrected chi connectivity index (χ3v) is 11.6. The van der Waals surface area contributed by atoms with E-state index in [2.05, 4.69) is 19.2 Å². The summed E-state index contributed by atoms with van der Waals surface area (Å²) in [6, 6.07) is -0.854. The van der Waals surface area contributed by atoms with Gasteiger partial charge in [-0.25, -0.2) is 4.57 Å². The second-order valence-corrected chi connectivity index (χ2v) is 17.4. The maximum absolute atomic E-state index is 12.8. The van der Waals surface area contributed by atoms with Crippen molar-refractivity contribution in [2.75, 3.05) is 19.8 Å². The Balaban J connectivity index is 4.13. The highest BCUT2D eigenvalue weighted by molar-refractivity contribution is 7.47. The van der Waals surface area contributed by atoms with Crippen LogP contribution in [0, 0.1) is 0 Å². The van der Waals surface area contributed by atoms with Crippen LogP contribution in [-0.2, 0) is 18.4 Å². The molecular formula is C45H91N2O6P. The lowest BCUT2D eigenvalue weighted by atomic mass is 10.0. The quantitative estimate of drug-likeness (QED) is 0.0275. The van der Waals surface area contributed by atoms with E-state index in [0.29, 0.717) is 6.42 Å². The third kappa shape index (κ3) is 39.5. The largest absolute Gasteiger partial charge is 0.472 e. The zero-order valence-corrected chi connectivity index (χ0v) is 36.6. The van der Waals surface area contributed by atoms with Crippen molar-refractivity contribution in [2.24, 2.45) is 5.73 Å². The Bertz CT molecular complexity index is 860. The number of aliphatic hydroxyl groups is 1. The SMILES string of the molecule is CCCCCCCCCCCCCCCC/C=C/C(O)C(COP(=O)(O)OCCN)NC(=O)CCCCCCCCCCCCCCCCCCCCC. The highest BCUT2D eigenvalue weighted by Gasteiger charge is 2.26. The van der Waals surface area contributed by atoms with Crippen molar-refractivity contribution in [3.8, 4) is 0 Å². The Labute approximate surface area is 335 Å². The van der Waals surface area contributed by atoms with Crippen LogP contribution in [0.4, 0.5) is 0 Å². The second kappa shape index (κ2) is 41.9. The molecule has 0 saturated carbocycles. The predicted molar refractivity (Wildman–Crippen MR) is 231 cm³/mol. The first kappa shape index (κ1) is 53.2. The Kier molecular flexibility index (Phi) is 41.3. The summed E-state index contributed by atoms with van der Waals surface area (Å²) >= 11 is 0. The maximum Gasteiger partial charge on any atom is 0.472 e. The lowest BCUT2D eigenvalue weighted by Gasteiger charge is -2.23. The summed E-state index contributed by atoms with van der Waals surface area (Å²) in [6.07, 6.45) is 46.9. The lowest BCUT2D eigenvalue weighted by Crippen LogP contribution is -2.45. The number of phosphoric acid groups is 1. The molecule has 0 aromatic carbocycles. The van der Waals surface area contributed by atoms with Gasteiger partial charge in [-0.15, -0.1) is 0 Å². The number of carbonyl (C=O) groups excluding carboxylic acids is 1. The van der Waals surface area contributed by atoms with Crippen LogP contribution in [0.15, 0.2) is 12.2 Å². The highest BCUT2D eigenvalue weighted by atomic mass is 31.2. The first-order valence-electron chi connectivity index (χ1n) is 23.3. The average molecular weight is 787 g/mol. The summed E-state index contributed by atoms with van der Waals surface area (Å²) in [4.78, 5) is 22.7. The van der Waals surface area contributed by atoms with Crippen LogP contribution in [-0.4, -0.2) is 47.8 Å². The number of allylic oxidation sites excluding steroid dienone is 1. The van der Waals surface area contributed by atoms with Gasteiger partial charge in [0.15, 0.2) is 0 Å². The Morgan fingerprint density at radius 3 is 1.31 bits per heavy atom. The number of aliphatic hydroxyl groups excluding tert-OH is 1. The molecule has 3 unspecified atom stereocenters. The molecule has 0 heterocycles. The van der Waals surface area contributed by atoms with E-state index in [1.807, 2.05) is 6.08 Å². The molecule has 0 aliphatic rings. The summed E-state index contributed by atoms with van der Waals surface area (Å²) in [5, 5.41) is 13.7. The summed E-state index contributed by atoms with van der Waals surface area (Å²) in [7, 11) is -4.33. The molecular weight excluding hydrogens is 695 g/mol. The van der Waals surface area contributed by atoms with Gasteiger partial charge in [-0.05, 0) is 19.3 Å². The topological polar surface area (TPSA) is 131 Å². The minimum absolute atomic E-state index is 0.0815. The van der Waals surface area contributed by atoms with Gasteiger partial charge in [0.05, 0.1) is 25.4 Å². The average Bonchev–Trinajstić information content (AvgIpc) is 3.16. The standard InChI is InChI=1S/C45H91N2O6P/c1-3-5-7-9-11-13-15-17-19-21-22-23-25-27-29-31-33-35-37-39-45(49)47-43(42-53-54(50,51)52-41-40-46)44(48)38-36-34-32-30-28-26-24-20-18-16-14-12-10-8-6-4-2/h36,38,43-44,48H,3-35,37,39-42,46H2,1-2H3,(H,47,49)(H,50,51)/b38-36+. The number of phosphoric ester groups is 1. The molecule has 1 amide bonds. The van der Waals surface area contributed by atoms with E-state index >= 15 is 0 Å². The molecule has 5 N–H and O–H groups in total. The molecule has 322 valence electrons. The molecule has 9 heteroatoms. The molecule has 0 rings (SSSR count). The minimum Gasteiger partial charge on any atom is -0.387 e. The highest BCUT2D eigenvalue weighted by Crippen LogP contribution is 2.43. The molecule has 3 atom stereocenters. The Morgan fingerprint density at radius 2 is 0.944 bits per heavy atom. The molecule has 0 aromatic rings. The first-order valence-corrected chi connectivity index (χ1v) is 24.8. The van der Waals surface area contributed by atoms with Gasteiger partial charge in [0.25, 0.3) is 0 Å². The van der Waals surface area contributed by atoms with Crippen LogP contribution in [0.2, 0.25) is 0 Å². The van der Waals surface area contributed by atoms with E-state index in [9.17, 15) is 19.4 Å². The Hall–Kier alpha value is -0.760. The molecule has 0 aliphatic carbocycles. The molecule has 0 saturated heterocycles. The lowest BCUT2D eigenvalue weighted by molar-refractivity contribution is -0.123. The predicted octanol–water partition coefficient (Wildman–Crippen LogP) is 13.2. The van der Waals surface area contributed by atoms with Crippen molar-refractivity contribution in [1.29, 1.82) is 0 Å². The number of hydrogen-bond donors (Lipinski definition) is 4. The molecule has 0 bridgehead atoms. The normalized spacial score (nSPS) is 14.1. The minimum atomic E-state index is -4.33. The van der Waals surface area contributed by atoms with Gasteiger partial charge in [0.2, 0.25) is 5.91 Å². The van der Waals surface area contributed by atoms with E-state index in [1.165, 1.54) is 180 Å². The van der Waals surface area contributed by atoms with Crippen molar-refractivity contribution in [1.82, 2.24) is 5.32 Å². The number of unbranched alkanes of at least 4 members (excludes halogenated alkanes) is 32. The Morgan fingerprint density at radius 1 is 0.593 bits per heavy atom. The van der Waals surface area contributed by atoms with Gasteiger partial charge in [-0.2, -0.15) is 0 Å². The molecule has 0 radical (unpaired) electrons. The molecule has 54 heavy (non-hydrogen) atoms. The number of amides is 1. The fourth-order valence-electron chi connectivity index (χ4n) is 7.07. The number of carbonyl (C=O) groups is 1. The van der Waals surface area contributed by atoms with Crippen LogP contribution < -0.4 is 11.1 Å². The van der Waals surface area contributed by atoms with E-state index < -0.39 is 20.0 Å². The second-order valence-electron chi connectivity index (χ2n) is 16.0. The smallest absolute Gasteiger partial charge is 0.387 e. The third-order valence-electron chi connectivity index (χ3n) is 10.6. The van der Waals surface area contributed by atoms with Crippen LogP contribution in [0.1, 0.15) is 239 Å². The maximum atomic E-state index is 12.8. The zero-order chi connectivity index (χ0) is 39.6. The van der Waals surface area contributed by atoms with Gasteiger partial charge in [-0.3, -0.25) is 13.8 Å². The van der Waals surface area contributed by atoms with Crippen LogP contribution in [0.25, 0.3) is 0 Å². The summed E-state index contributed by atoms with van der Waals surface area (Å²) in [5.41, 5.74) is 5.38. The van der Waals surface area contributed by atoms with E-state index in [0.717, 1.165) is 38.5 Å². The van der Waals surface area contributed by atoms with Crippen molar-refractivity contribution in [3.05, 3.63) is 12.2 Å². The van der Waals surface area contributed by atoms with Crippen LogP contribution >= 0.6 is 7.82 Å². The van der Waals surface area contributed by atoms with Gasteiger partial charge in [-0.1, -0.05) is 225 Å². The number of rotatable bonds is 44. The van der Waals surface area contributed by atoms with Crippen molar-refractivity contribution in [3.63, 3.8) is 0 Å². The van der Waals surface area contributed by atoms with Gasteiger partial charge >= 0.3 is 7.82 Å².